The van der Waals surface area contributed by atoms with Crippen molar-refractivity contribution in [2.45, 2.75) is 25.1 Å². The van der Waals surface area contributed by atoms with Crippen LogP contribution in [0.25, 0.3) is 0 Å². The summed E-state index contributed by atoms with van der Waals surface area (Å²) in [6.45, 7) is 0.565. The summed E-state index contributed by atoms with van der Waals surface area (Å²) < 4.78 is 37.9. The number of rotatable bonds is 2. The van der Waals surface area contributed by atoms with E-state index in [1.165, 1.54) is 0 Å². The van der Waals surface area contributed by atoms with Crippen molar-refractivity contribution in [3.63, 3.8) is 0 Å². The highest BCUT2D eigenvalue weighted by atomic mass is 19.4. The van der Waals surface area contributed by atoms with Crippen molar-refractivity contribution in [1.29, 1.82) is 0 Å². The molecule has 1 aliphatic heterocycles. The zero-order chi connectivity index (χ0) is 13.2. The van der Waals surface area contributed by atoms with Crippen LogP contribution in [0.4, 0.5) is 13.2 Å². The Balaban J connectivity index is 1.82. The molecule has 1 aromatic heterocycles. The van der Waals surface area contributed by atoms with Crippen LogP contribution in [-0.2, 0) is 9.63 Å². The van der Waals surface area contributed by atoms with E-state index in [4.69, 9.17) is 0 Å². The molecule has 1 aliphatic rings. The summed E-state index contributed by atoms with van der Waals surface area (Å²) in [6.07, 6.45) is 1.41. The van der Waals surface area contributed by atoms with E-state index < -0.39 is 12.1 Å². The zero-order valence-corrected chi connectivity index (χ0v) is 9.43. The van der Waals surface area contributed by atoms with Gasteiger partial charge in [0, 0.05) is 31.5 Å². The molecule has 2 heterocycles. The quantitative estimate of drug-likeness (QED) is 0.812. The Bertz CT molecular complexity index is 397. The van der Waals surface area contributed by atoms with Gasteiger partial charge in [-0.05, 0) is 12.8 Å². The molecule has 0 spiro atoms. The minimum absolute atomic E-state index is 0.188. The fourth-order valence-electron chi connectivity index (χ4n) is 1.89. The first-order valence-electron chi connectivity index (χ1n) is 5.48. The SMILES string of the molecule is O=C(ON1CCC(n2ccnc2)CC1)C(F)(F)F. The van der Waals surface area contributed by atoms with Gasteiger partial charge in [-0.25, -0.2) is 9.78 Å². The number of carbonyl (C=O) groups is 1. The van der Waals surface area contributed by atoms with Crippen molar-refractivity contribution < 1.29 is 22.8 Å². The van der Waals surface area contributed by atoms with E-state index >= 15 is 0 Å². The van der Waals surface area contributed by atoms with Crippen molar-refractivity contribution in [2.24, 2.45) is 0 Å². The van der Waals surface area contributed by atoms with Gasteiger partial charge >= 0.3 is 12.1 Å². The first kappa shape index (κ1) is 12.9. The first-order valence-corrected chi connectivity index (χ1v) is 5.48. The number of hydrogen-bond acceptors (Lipinski definition) is 4. The van der Waals surface area contributed by atoms with E-state index in [0.29, 0.717) is 12.8 Å². The average Bonchev–Trinajstić information content (AvgIpc) is 2.82. The summed E-state index contributed by atoms with van der Waals surface area (Å²) in [5, 5.41) is 1.06. The van der Waals surface area contributed by atoms with Crippen molar-refractivity contribution in [3.8, 4) is 0 Å². The van der Waals surface area contributed by atoms with Gasteiger partial charge in [-0.1, -0.05) is 0 Å². The number of nitrogens with zero attached hydrogens (tertiary/aromatic N) is 3. The topological polar surface area (TPSA) is 47.4 Å². The Labute approximate surface area is 101 Å². The molecule has 0 unspecified atom stereocenters. The molecule has 0 bridgehead atoms. The molecule has 18 heavy (non-hydrogen) atoms. The summed E-state index contributed by atoms with van der Waals surface area (Å²) >= 11 is 0. The summed E-state index contributed by atoms with van der Waals surface area (Å²) in [7, 11) is 0. The summed E-state index contributed by atoms with van der Waals surface area (Å²) in [6, 6.07) is 0.188. The van der Waals surface area contributed by atoms with Gasteiger partial charge in [0.2, 0.25) is 0 Å². The lowest BCUT2D eigenvalue weighted by Gasteiger charge is -2.31. The molecule has 0 aromatic carbocycles. The predicted octanol–water partition coefficient (Wildman–Crippen LogP) is 1.54. The molecule has 1 fully saturated rings. The van der Waals surface area contributed by atoms with Gasteiger partial charge in [0.05, 0.1) is 6.33 Å². The number of carbonyl (C=O) groups excluding carboxylic acids is 1. The molecule has 0 amide bonds. The Morgan fingerprint density at radius 1 is 1.33 bits per heavy atom. The van der Waals surface area contributed by atoms with Crippen molar-refractivity contribution in [2.75, 3.05) is 13.1 Å². The maximum atomic E-state index is 12.0. The average molecular weight is 263 g/mol. The van der Waals surface area contributed by atoms with E-state index in [9.17, 15) is 18.0 Å². The van der Waals surface area contributed by atoms with Gasteiger partial charge in [0.1, 0.15) is 0 Å². The summed E-state index contributed by atoms with van der Waals surface area (Å²) in [4.78, 5) is 18.8. The molecule has 0 aliphatic carbocycles. The molecule has 1 aromatic rings. The molecule has 100 valence electrons. The van der Waals surface area contributed by atoms with Crippen LogP contribution in [0.5, 0.6) is 0 Å². The lowest BCUT2D eigenvalue weighted by molar-refractivity contribution is -0.242. The highest BCUT2D eigenvalue weighted by Crippen LogP contribution is 2.24. The molecule has 0 N–H and O–H groups in total. The number of imidazole rings is 1. The molecule has 2 rings (SSSR count). The number of alkyl halides is 3. The lowest BCUT2D eigenvalue weighted by Crippen LogP contribution is -2.39. The number of aromatic nitrogens is 2. The van der Waals surface area contributed by atoms with Gasteiger partial charge in [0.25, 0.3) is 0 Å². The van der Waals surface area contributed by atoms with Crippen LogP contribution in [0.1, 0.15) is 18.9 Å². The van der Waals surface area contributed by atoms with Crippen LogP contribution in [0.15, 0.2) is 18.7 Å². The zero-order valence-electron chi connectivity index (χ0n) is 9.43. The second kappa shape index (κ2) is 4.97. The third-order valence-electron chi connectivity index (χ3n) is 2.81. The van der Waals surface area contributed by atoms with Gasteiger partial charge in [0.15, 0.2) is 0 Å². The number of hydroxylamine groups is 2. The van der Waals surface area contributed by atoms with E-state index in [0.717, 1.165) is 5.06 Å². The van der Waals surface area contributed by atoms with Gasteiger partial charge in [-0.15, -0.1) is 5.06 Å². The van der Waals surface area contributed by atoms with Crippen molar-refractivity contribution in [1.82, 2.24) is 14.6 Å². The van der Waals surface area contributed by atoms with Crippen LogP contribution in [0.3, 0.4) is 0 Å². The molecule has 5 nitrogen and oxygen atoms in total. The first-order chi connectivity index (χ1) is 8.47. The van der Waals surface area contributed by atoms with E-state index in [1.54, 1.807) is 12.5 Å². The van der Waals surface area contributed by atoms with E-state index in [2.05, 4.69) is 9.82 Å². The minimum atomic E-state index is -4.94. The standard InChI is InChI=1S/C10H12F3N3O2/c11-10(12,13)9(17)18-16-4-1-8(2-5-16)15-6-3-14-7-15/h3,6-8H,1-2,4-5H2. The molecule has 1 saturated heterocycles. The summed E-state index contributed by atoms with van der Waals surface area (Å²) in [5.74, 6) is -2.16. The van der Waals surface area contributed by atoms with Crippen molar-refractivity contribution in [3.05, 3.63) is 18.7 Å². The van der Waals surface area contributed by atoms with E-state index in [-0.39, 0.29) is 19.1 Å². The second-order valence-corrected chi connectivity index (χ2v) is 4.05. The lowest BCUT2D eigenvalue weighted by atomic mass is 10.1. The number of piperidine rings is 1. The Kier molecular flexibility index (Phi) is 3.55. The smallest absolute Gasteiger partial charge is 0.361 e. The number of hydrogen-bond donors (Lipinski definition) is 0. The van der Waals surface area contributed by atoms with Crippen LogP contribution in [0.2, 0.25) is 0 Å². The maximum absolute atomic E-state index is 12.0. The maximum Gasteiger partial charge on any atom is 0.492 e. The Morgan fingerprint density at radius 2 is 2.00 bits per heavy atom. The van der Waals surface area contributed by atoms with Crippen LogP contribution in [0, 0.1) is 0 Å². The predicted molar refractivity (Wildman–Crippen MR) is 54.2 cm³/mol. The molecular weight excluding hydrogens is 251 g/mol. The monoisotopic (exact) mass is 263 g/mol. The second-order valence-electron chi connectivity index (χ2n) is 4.05. The van der Waals surface area contributed by atoms with E-state index in [1.807, 2.05) is 10.8 Å². The molecule has 8 heteroatoms. The van der Waals surface area contributed by atoms with Gasteiger partial charge in [-0.3, -0.25) is 0 Å². The van der Waals surface area contributed by atoms with Gasteiger partial charge in [-0.2, -0.15) is 13.2 Å². The van der Waals surface area contributed by atoms with Crippen molar-refractivity contribution >= 4 is 5.97 Å². The normalized spacial score (nSPS) is 18.8. The Hall–Kier alpha value is -1.57. The third-order valence-corrected chi connectivity index (χ3v) is 2.81. The summed E-state index contributed by atoms with van der Waals surface area (Å²) in [5.41, 5.74) is 0. The third kappa shape index (κ3) is 3.00. The molecule has 0 atom stereocenters. The van der Waals surface area contributed by atoms with Crippen LogP contribution in [-0.4, -0.2) is 39.8 Å². The largest absolute Gasteiger partial charge is 0.492 e. The molecular formula is C10H12F3N3O2. The highest BCUT2D eigenvalue weighted by molar-refractivity contribution is 5.75. The molecule has 0 saturated carbocycles. The molecule has 0 radical (unpaired) electrons. The van der Waals surface area contributed by atoms with Gasteiger partial charge < -0.3 is 9.40 Å². The highest BCUT2D eigenvalue weighted by Gasteiger charge is 2.42. The number of halogens is 3. The Morgan fingerprint density at radius 3 is 2.50 bits per heavy atom. The van der Waals surface area contributed by atoms with Crippen LogP contribution < -0.4 is 0 Å². The minimum Gasteiger partial charge on any atom is -0.361 e. The fraction of sp³-hybridized carbons (Fsp3) is 0.600. The fourth-order valence-corrected chi connectivity index (χ4v) is 1.89. The van der Waals surface area contributed by atoms with Crippen LogP contribution >= 0.6 is 0 Å².